The van der Waals surface area contributed by atoms with Gasteiger partial charge in [0.15, 0.2) is 5.82 Å². The van der Waals surface area contributed by atoms with E-state index in [9.17, 15) is 4.79 Å². The van der Waals surface area contributed by atoms with E-state index in [1.807, 2.05) is 27.1 Å². The van der Waals surface area contributed by atoms with Crippen molar-refractivity contribution in [3.63, 3.8) is 0 Å². The maximum atomic E-state index is 11.4. The number of nitrogens with zero attached hydrogens (tertiary/aromatic N) is 3. The minimum atomic E-state index is -0.359. The van der Waals surface area contributed by atoms with Crippen LogP contribution in [0.4, 0.5) is 17.2 Å². The first-order valence-corrected chi connectivity index (χ1v) is 5.62. The van der Waals surface area contributed by atoms with Crippen molar-refractivity contribution in [1.29, 1.82) is 0 Å². The van der Waals surface area contributed by atoms with Crippen LogP contribution in [0.1, 0.15) is 25.5 Å². The molecule has 2 aromatic heterocycles. The van der Waals surface area contributed by atoms with Crippen LogP contribution in [0.5, 0.6) is 0 Å². The van der Waals surface area contributed by atoms with Crippen molar-refractivity contribution in [2.45, 2.75) is 19.8 Å². The van der Waals surface area contributed by atoms with Gasteiger partial charge >= 0.3 is 0 Å². The minimum Gasteiger partial charge on any atom is -0.391 e. The van der Waals surface area contributed by atoms with Crippen LogP contribution in [0.15, 0.2) is 17.3 Å². The summed E-state index contributed by atoms with van der Waals surface area (Å²) in [5, 5.41) is 7.40. The van der Waals surface area contributed by atoms with Gasteiger partial charge in [0.05, 0.1) is 17.7 Å². The summed E-state index contributed by atoms with van der Waals surface area (Å²) in [5.74, 6) is 0.602. The first kappa shape index (κ1) is 12.2. The zero-order valence-corrected chi connectivity index (χ0v) is 10.6. The van der Waals surface area contributed by atoms with E-state index in [0.29, 0.717) is 5.82 Å². The highest BCUT2D eigenvalue weighted by atomic mass is 16.1. The van der Waals surface area contributed by atoms with Gasteiger partial charge < -0.3 is 16.0 Å². The van der Waals surface area contributed by atoms with Crippen molar-refractivity contribution in [3.05, 3.63) is 28.6 Å². The molecule has 2 rings (SSSR count). The molecule has 0 aliphatic rings. The molecular formula is C11H16N6O. The molecule has 2 aromatic rings. The van der Waals surface area contributed by atoms with E-state index in [2.05, 4.69) is 20.4 Å². The lowest BCUT2D eigenvalue weighted by Gasteiger charge is -2.08. The van der Waals surface area contributed by atoms with Crippen molar-refractivity contribution in [3.8, 4) is 0 Å². The van der Waals surface area contributed by atoms with Gasteiger partial charge in [0.2, 0.25) is 0 Å². The van der Waals surface area contributed by atoms with E-state index in [1.165, 1.54) is 6.33 Å². The lowest BCUT2D eigenvalue weighted by Crippen LogP contribution is -2.14. The molecule has 0 spiro atoms. The van der Waals surface area contributed by atoms with Crippen LogP contribution in [0.2, 0.25) is 0 Å². The SMILES string of the molecule is CC(C)c1nn(C)cc1Nc1nc[nH]c(=O)c1N. The summed E-state index contributed by atoms with van der Waals surface area (Å²) in [6.45, 7) is 4.09. The Morgan fingerprint density at radius 3 is 2.89 bits per heavy atom. The fourth-order valence-corrected chi connectivity index (χ4v) is 1.67. The first-order valence-electron chi connectivity index (χ1n) is 5.62. The monoisotopic (exact) mass is 248 g/mol. The van der Waals surface area contributed by atoms with Crippen LogP contribution in [0, 0.1) is 0 Å². The summed E-state index contributed by atoms with van der Waals surface area (Å²) >= 11 is 0. The molecule has 0 saturated carbocycles. The largest absolute Gasteiger partial charge is 0.391 e. The Bertz CT molecular complexity index is 612. The number of nitrogens with one attached hydrogen (secondary N) is 2. The van der Waals surface area contributed by atoms with Crippen LogP contribution >= 0.6 is 0 Å². The second kappa shape index (κ2) is 4.52. The third kappa shape index (κ3) is 2.20. The van der Waals surface area contributed by atoms with Crippen molar-refractivity contribution in [2.75, 3.05) is 11.1 Å². The molecule has 2 heterocycles. The Hall–Kier alpha value is -2.31. The average Bonchev–Trinajstić information content (AvgIpc) is 2.66. The van der Waals surface area contributed by atoms with Crippen molar-refractivity contribution in [1.82, 2.24) is 19.7 Å². The van der Waals surface area contributed by atoms with Crippen LogP contribution in [0.3, 0.4) is 0 Å². The number of nitrogen functional groups attached to an aromatic ring is 1. The zero-order valence-electron chi connectivity index (χ0n) is 10.6. The third-order valence-corrected chi connectivity index (χ3v) is 2.55. The number of rotatable bonds is 3. The van der Waals surface area contributed by atoms with E-state index >= 15 is 0 Å². The number of aromatic amines is 1. The Morgan fingerprint density at radius 2 is 2.22 bits per heavy atom. The van der Waals surface area contributed by atoms with Gasteiger partial charge in [-0.2, -0.15) is 5.10 Å². The van der Waals surface area contributed by atoms with Crippen LogP contribution < -0.4 is 16.6 Å². The quantitative estimate of drug-likeness (QED) is 0.750. The summed E-state index contributed by atoms with van der Waals surface area (Å²) < 4.78 is 1.71. The second-order valence-electron chi connectivity index (χ2n) is 4.38. The van der Waals surface area contributed by atoms with Crippen LogP contribution in [-0.4, -0.2) is 19.7 Å². The van der Waals surface area contributed by atoms with E-state index in [4.69, 9.17) is 5.73 Å². The van der Waals surface area contributed by atoms with Gasteiger partial charge in [-0.05, 0) is 5.92 Å². The summed E-state index contributed by atoms with van der Waals surface area (Å²) in [6.07, 6.45) is 3.14. The Morgan fingerprint density at radius 1 is 1.50 bits per heavy atom. The molecule has 96 valence electrons. The highest BCUT2D eigenvalue weighted by Crippen LogP contribution is 2.25. The maximum absolute atomic E-state index is 11.4. The molecule has 0 atom stereocenters. The van der Waals surface area contributed by atoms with Gasteiger partial charge in [0.25, 0.3) is 5.56 Å². The van der Waals surface area contributed by atoms with E-state index in [1.54, 1.807) is 4.68 Å². The topological polar surface area (TPSA) is 102 Å². The zero-order chi connectivity index (χ0) is 13.3. The number of hydrogen-bond acceptors (Lipinski definition) is 5. The van der Waals surface area contributed by atoms with Crippen molar-refractivity contribution < 1.29 is 0 Å². The average molecular weight is 248 g/mol. The number of H-pyrrole nitrogens is 1. The van der Waals surface area contributed by atoms with Gasteiger partial charge in [-0.3, -0.25) is 9.48 Å². The van der Waals surface area contributed by atoms with Gasteiger partial charge in [0.1, 0.15) is 5.69 Å². The summed E-state index contributed by atoms with van der Waals surface area (Å²) in [7, 11) is 1.84. The standard InChI is InChI=1S/C11H16N6O/c1-6(2)9-7(4-17(3)16-9)15-10-8(12)11(18)14-5-13-10/h4-6H,12H2,1-3H3,(H2,13,14,15,18). The highest BCUT2D eigenvalue weighted by molar-refractivity contribution is 5.68. The van der Waals surface area contributed by atoms with Crippen molar-refractivity contribution >= 4 is 17.2 Å². The van der Waals surface area contributed by atoms with E-state index in [0.717, 1.165) is 11.4 Å². The highest BCUT2D eigenvalue weighted by Gasteiger charge is 2.13. The third-order valence-electron chi connectivity index (χ3n) is 2.55. The molecule has 0 amide bonds. The van der Waals surface area contributed by atoms with E-state index < -0.39 is 0 Å². The van der Waals surface area contributed by atoms with Gasteiger partial charge in [0, 0.05) is 13.2 Å². The Kier molecular flexibility index (Phi) is 3.05. The molecule has 0 aromatic carbocycles. The van der Waals surface area contributed by atoms with Crippen LogP contribution in [0.25, 0.3) is 0 Å². The summed E-state index contributed by atoms with van der Waals surface area (Å²) in [4.78, 5) is 17.8. The molecule has 4 N–H and O–H groups in total. The number of aryl methyl sites for hydroxylation is 1. The number of aromatic nitrogens is 4. The van der Waals surface area contributed by atoms with Gasteiger partial charge in [-0.25, -0.2) is 4.98 Å². The Balaban J connectivity index is 2.40. The summed E-state index contributed by atoms with van der Waals surface area (Å²) in [5.41, 5.74) is 7.08. The van der Waals surface area contributed by atoms with Gasteiger partial charge in [-0.15, -0.1) is 0 Å². The molecule has 7 nitrogen and oxygen atoms in total. The lowest BCUT2D eigenvalue weighted by molar-refractivity contribution is 0.713. The second-order valence-corrected chi connectivity index (χ2v) is 4.38. The molecule has 0 aliphatic heterocycles. The smallest absolute Gasteiger partial charge is 0.276 e. The molecule has 0 saturated heterocycles. The lowest BCUT2D eigenvalue weighted by atomic mass is 10.1. The van der Waals surface area contributed by atoms with Gasteiger partial charge in [-0.1, -0.05) is 13.8 Å². The predicted octanol–water partition coefficient (Wildman–Crippen LogP) is 0.953. The van der Waals surface area contributed by atoms with E-state index in [-0.39, 0.29) is 17.2 Å². The molecule has 0 fully saturated rings. The number of hydrogen-bond donors (Lipinski definition) is 3. The fraction of sp³-hybridized carbons (Fsp3) is 0.364. The number of nitrogens with two attached hydrogens (primary N) is 1. The normalized spacial score (nSPS) is 10.9. The molecular weight excluding hydrogens is 232 g/mol. The Labute approximate surface area is 104 Å². The first-order chi connectivity index (χ1) is 8.49. The summed E-state index contributed by atoms with van der Waals surface area (Å²) in [6, 6.07) is 0. The molecule has 0 unspecified atom stereocenters. The van der Waals surface area contributed by atoms with Crippen LogP contribution in [-0.2, 0) is 7.05 Å². The predicted molar refractivity (Wildman–Crippen MR) is 69.8 cm³/mol. The molecule has 0 bridgehead atoms. The maximum Gasteiger partial charge on any atom is 0.276 e. The molecule has 18 heavy (non-hydrogen) atoms. The molecule has 0 radical (unpaired) electrons. The minimum absolute atomic E-state index is 0.0658. The van der Waals surface area contributed by atoms with Crippen molar-refractivity contribution in [2.24, 2.45) is 7.05 Å². The fourth-order valence-electron chi connectivity index (χ4n) is 1.67. The molecule has 0 aliphatic carbocycles. The number of anilines is 3. The molecule has 7 heteroatoms.